The van der Waals surface area contributed by atoms with Crippen molar-refractivity contribution in [2.45, 2.75) is 6.92 Å². The van der Waals surface area contributed by atoms with Crippen LogP contribution in [0.25, 0.3) is 5.69 Å². The molecule has 4 nitrogen and oxygen atoms in total. The second kappa shape index (κ2) is 4.57. The van der Waals surface area contributed by atoms with Crippen LogP contribution in [0.2, 0.25) is 0 Å². The number of carbonyl (C=O) groups excluding carboxylic acids is 1. The van der Waals surface area contributed by atoms with Crippen molar-refractivity contribution in [3.63, 3.8) is 0 Å². The Balaban J connectivity index is 1.94. The van der Waals surface area contributed by atoms with Crippen molar-refractivity contribution < 1.29 is 9.21 Å². The van der Waals surface area contributed by atoms with Gasteiger partial charge < -0.3 is 4.42 Å². The third-order valence-electron chi connectivity index (χ3n) is 2.97. The fourth-order valence-corrected chi connectivity index (χ4v) is 1.94. The number of furan rings is 1. The summed E-state index contributed by atoms with van der Waals surface area (Å²) in [4.78, 5) is 12.3. The average Bonchev–Trinajstić information content (AvgIpc) is 3.08. The van der Waals surface area contributed by atoms with Crippen molar-refractivity contribution in [3.05, 3.63) is 71.9 Å². The molecule has 2 heterocycles. The van der Waals surface area contributed by atoms with E-state index in [1.807, 2.05) is 30.3 Å². The number of hydrogen-bond donors (Lipinski definition) is 0. The maximum atomic E-state index is 12.3. The normalized spacial score (nSPS) is 10.6. The summed E-state index contributed by atoms with van der Waals surface area (Å²) in [5.74, 6) is 0.547. The van der Waals surface area contributed by atoms with Crippen molar-refractivity contribution in [1.29, 1.82) is 0 Å². The van der Waals surface area contributed by atoms with E-state index in [0.717, 1.165) is 5.69 Å². The maximum Gasteiger partial charge on any atom is 0.199 e. The average molecular weight is 252 g/mol. The topological polar surface area (TPSA) is 48.0 Å². The van der Waals surface area contributed by atoms with E-state index in [-0.39, 0.29) is 5.78 Å². The smallest absolute Gasteiger partial charge is 0.199 e. The SMILES string of the molecule is Cc1occc1C(=O)c1cnn(-c2ccccc2)c1. The van der Waals surface area contributed by atoms with Gasteiger partial charge in [0.25, 0.3) is 0 Å². The molecule has 0 atom stereocenters. The highest BCUT2D eigenvalue weighted by Crippen LogP contribution is 2.16. The molecule has 4 heteroatoms. The molecule has 0 aliphatic carbocycles. The van der Waals surface area contributed by atoms with Crippen molar-refractivity contribution in [3.8, 4) is 5.69 Å². The molecule has 0 amide bonds. The lowest BCUT2D eigenvalue weighted by atomic mass is 10.1. The molecule has 0 bridgehead atoms. The van der Waals surface area contributed by atoms with E-state index in [1.54, 1.807) is 30.1 Å². The number of nitrogens with zero attached hydrogens (tertiary/aromatic N) is 2. The van der Waals surface area contributed by atoms with Crippen molar-refractivity contribution >= 4 is 5.78 Å². The summed E-state index contributed by atoms with van der Waals surface area (Å²) in [6.07, 6.45) is 4.82. The Bertz CT molecular complexity index is 711. The summed E-state index contributed by atoms with van der Waals surface area (Å²) in [6, 6.07) is 11.3. The fourth-order valence-electron chi connectivity index (χ4n) is 1.94. The molecule has 0 spiro atoms. The zero-order chi connectivity index (χ0) is 13.2. The van der Waals surface area contributed by atoms with E-state index in [1.165, 1.54) is 6.26 Å². The standard InChI is InChI=1S/C15H12N2O2/c1-11-14(7-8-19-11)15(18)12-9-16-17(10-12)13-5-3-2-4-6-13/h2-10H,1H3. The number of aryl methyl sites for hydroxylation is 1. The minimum absolute atomic E-state index is 0.0755. The molecule has 1 aromatic carbocycles. The van der Waals surface area contributed by atoms with Gasteiger partial charge in [0.2, 0.25) is 0 Å². The molecule has 94 valence electrons. The van der Waals surface area contributed by atoms with Gasteiger partial charge >= 0.3 is 0 Å². The van der Waals surface area contributed by atoms with Crippen LogP contribution in [-0.2, 0) is 0 Å². The summed E-state index contributed by atoms with van der Waals surface area (Å²) in [7, 11) is 0. The van der Waals surface area contributed by atoms with Crippen molar-refractivity contribution in [1.82, 2.24) is 9.78 Å². The van der Waals surface area contributed by atoms with Gasteiger partial charge in [-0.05, 0) is 25.1 Å². The molecule has 0 saturated heterocycles. The van der Waals surface area contributed by atoms with Crippen LogP contribution in [0.4, 0.5) is 0 Å². The van der Waals surface area contributed by atoms with E-state index in [2.05, 4.69) is 5.10 Å². The lowest BCUT2D eigenvalue weighted by molar-refractivity contribution is 0.103. The quantitative estimate of drug-likeness (QED) is 0.673. The van der Waals surface area contributed by atoms with Crippen LogP contribution in [0.15, 0.2) is 59.5 Å². The Morgan fingerprint density at radius 1 is 1.21 bits per heavy atom. The molecule has 19 heavy (non-hydrogen) atoms. The van der Waals surface area contributed by atoms with Gasteiger partial charge in [0, 0.05) is 6.20 Å². The van der Waals surface area contributed by atoms with E-state index in [0.29, 0.717) is 16.9 Å². The molecule has 2 aromatic heterocycles. The Labute approximate surface area is 110 Å². The van der Waals surface area contributed by atoms with Crippen LogP contribution in [0.5, 0.6) is 0 Å². The number of rotatable bonds is 3. The van der Waals surface area contributed by atoms with Crippen LogP contribution in [0.1, 0.15) is 21.7 Å². The molecule has 3 aromatic rings. The zero-order valence-electron chi connectivity index (χ0n) is 10.4. The maximum absolute atomic E-state index is 12.3. The second-order valence-electron chi connectivity index (χ2n) is 4.23. The number of carbonyl (C=O) groups is 1. The minimum atomic E-state index is -0.0755. The highest BCUT2D eigenvalue weighted by Gasteiger charge is 2.15. The summed E-state index contributed by atoms with van der Waals surface area (Å²) in [5.41, 5.74) is 2.05. The predicted octanol–water partition coefficient (Wildman–Crippen LogP) is 3.00. The summed E-state index contributed by atoms with van der Waals surface area (Å²) in [6.45, 7) is 1.77. The Morgan fingerprint density at radius 3 is 2.68 bits per heavy atom. The molecule has 0 N–H and O–H groups in total. The number of aromatic nitrogens is 2. The largest absolute Gasteiger partial charge is 0.469 e. The molecule has 3 rings (SSSR count). The zero-order valence-corrected chi connectivity index (χ0v) is 10.4. The lowest BCUT2D eigenvalue weighted by Crippen LogP contribution is -2.00. The van der Waals surface area contributed by atoms with Crippen molar-refractivity contribution in [2.75, 3.05) is 0 Å². The highest BCUT2D eigenvalue weighted by atomic mass is 16.3. The van der Waals surface area contributed by atoms with Gasteiger partial charge in [0.1, 0.15) is 5.76 Å². The molecule has 0 aliphatic heterocycles. The van der Waals surface area contributed by atoms with Crippen LogP contribution < -0.4 is 0 Å². The van der Waals surface area contributed by atoms with E-state index in [4.69, 9.17) is 4.42 Å². The summed E-state index contributed by atoms with van der Waals surface area (Å²) >= 11 is 0. The summed E-state index contributed by atoms with van der Waals surface area (Å²) in [5, 5.41) is 4.21. The molecule has 0 unspecified atom stereocenters. The fraction of sp³-hybridized carbons (Fsp3) is 0.0667. The number of benzene rings is 1. The molecule has 0 saturated carbocycles. The van der Waals surface area contributed by atoms with E-state index >= 15 is 0 Å². The molecule has 0 radical (unpaired) electrons. The van der Waals surface area contributed by atoms with Gasteiger partial charge in [-0.15, -0.1) is 0 Å². The lowest BCUT2D eigenvalue weighted by Gasteiger charge is -1.99. The first-order chi connectivity index (χ1) is 9.25. The number of ketones is 1. The number of para-hydroxylation sites is 1. The molecular formula is C15H12N2O2. The first-order valence-electron chi connectivity index (χ1n) is 5.94. The van der Waals surface area contributed by atoms with Crippen LogP contribution in [0.3, 0.4) is 0 Å². The first-order valence-corrected chi connectivity index (χ1v) is 5.94. The molecule has 0 aliphatic rings. The third kappa shape index (κ3) is 2.08. The molecule has 0 fully saturated rings. The summed E-state index contributed by atoms with van der Waals surface area (Å²) < 4.78 is 6.83. The Morgan fingerprint density at radius 2 is 2.00 bits per heavy atom. The Hall–Kier alpha value is -2.62. The van der Waals surface area contributed by atoms with E-state index < -0.39 is 0 Å². The van der Waals surface area contributed by atoms with Crippen LogP contribution in [-0.4, -0.2) is 15.6 Å². The minimum Gasteiger partial charge on any atom is -0.469 e. The van der Waals surface area contributed by atoms with Gasteiger partial charge in [0.05, 0.1) is 29.3 Å². The first kappa shape index (κ1) is 11.5. The van der Waals surface area contributed by atoms with Crippen LogP contribution >= 0.6 is 0 Å². The van der Waals surface area contributed by atoms with Gasteiger partial charge in [-0.1, -0.05) is 18.2 Å². The van der Waals surface area contributed by atoms with Gasteiger partial charge in [0.15, 0.2) is 5.78 Å². The highest BCUT2D eigenvalue weighted by molar-refractivity contribution is 6.09. The molecular weight excluding hydrogens is 240 g/mol. The predicted molar refractivity (Wildman–Crippen MR) is 70.4 cm³/mol. The third-order valence-corrected chi connectivity index (χ3v) is 2.97. The van der Waals surface area contributed by atoms with Gasteiger partial charge in [-0.2, -0.15) is 5.10 Å². The van der Waals surface area contributed by atoms with Crippen molar-refractivity contribution in [2.24, 2.45) is 0 Å². The van der Waals surface area contributed by atoms with Gasteiger partial charge in [-0.25, -0.2) is 4.68 Å². The van der Waals surface area contributed by atoms with E-state index in [9.17, 15) is 4.79 Å². The Kier molecular flexibility index (Phi) is 2.76. The second-order valence-corrected chi connectivity index (χ2v) is 4.23. The number of hydrogen-bond acceptors (Lipinski definition) is 3. The monoisotopic (exact) mass is 252 g/mol. The van der Waals surface area contributed by atoms with Gasteiger partial charge in [-0.3, -0.25) is 4.79 Å². The van der Waals surface area contributed by atoms with Crippen LogP contribution in [0, 0.1) is 6.92 Å².